The van der Waals surface area contributed by atoms with Crippen LogP contribution in [-0.4, -0.2) is 22.0 Å². The fraction of sp³-hybridized carbons (Fsp3) is 0.0476. The number of carbonyl (C=O) groups is 1. The van der Waals surface area contributed by atoms with Crippen molar-refractivity contribution in [2.24, 2.45) is 15.3 Å². The number of nitrogens with one attached hydrogen (secondary N) is 1. The molecule has 0 saturated carbocycles. The van der Waals surface area contributed by atoms with E-state index in [0.29, 0.717) is 5.56 Å². The molecule has 0 aromatic heterocycles. The zero-order valence-electron chi connectivity index (χ0n) is 17.3. The standard InChI is InChI=1S/C21H12Cl6N4O4/c1-8(32)35-10-4-2-9(3-5-10)21(30-28-17-13(24)6-11(22)15(26)19(17)33)31-29-18-14(25)7-12(23)16(27)20(18)34/h2-7,28,33-34H,1H3. The van der Waals surface area contributed by atoms with E-state index in [9.17, 15) is 15.0 Å². The van der Waals surface area contributed by atoms with Crippen LogP contribution >= 0.6 is 69.6 Å². The highest BCUT2D eigenvalue weighted by Crippen LogP contribution is 2.45. The Kier molecular flexibility index (Phi) is 8.93. The number of ether oxygens (including phenoxy) is 1. The van der Waals surface area contributed by atoms with E-state index in [-0.39, 0.29) is 53.1 Å². The van der Waals surface area contributed by atoms with Crippen LogP contribution < -0.4 is 10.2 Å². The highest BCUT2D eigenvalue weighted by Gasteiger charge is 2.17. The molecule has 3 N–H and O–H groups in total. The van der Waals surface area contributed by atoms with Crippen molar-refractivity contribution >= 4 is 92.8 Å². The first-order chi connectivity index (χ1) is 16.5. The van der Waals surface area contributed by atoms with Gasteiger partial charge in [-0.2, -0.15) is 5.10 Å². The van der Waals surface area contributed by atoms with E-state index < -0.39 is 17.5 Å². The van der Waals surface area contributed by atoms with Gasteiger partial charge in [0.15, 0.2) is 11.5 Å². The molecule has 3 aromatic rings. The van der Waals surface area contributed by atoms with Crippen LogP contribution in [-0.2, 0) is 4.79 Å². The van der Waals surface area contributed by atoms with Gasteiger partial charge in [0.1, 0.15) is 27.2 Å². The van der Waals surface area contributed by atoms with Crippen LogP contribution in [0.3, 0.4) is 0 Å². The van der Waals surface area contributed by atoms with Crippen molar-refractivity contribution in [1.29, 1.82) is 0 Å². The SMILES string of the molecule is CC(=O)Oc1ccc(C(N=Nc2c(Cl)cc(Cl)c(Cl)c2O)=NNc2c(Cl)cc(Cl)c(Cl)c2O)cc1. The Morgan fingerprint density at radius 1 is 0.857 bits per heavy atom. The van der Waals surface area contributed by atoms with Crippen LogP contribution in [0.25, 0.3) is 0 Å². The number of aromatic hydroxyl groups is 2. The van der Waals surface area contributed by atoms with Crippen molar-refractivity contribution in [1.82, 2.24) is 0 Å². The number of hydrogen-bond acceptors (Lipinski definition) is 7. The number of hydrogen-bond donors (Lipinski definition) is 3. The van der Waals surface area contributed by atoms with Gasteiger partial charge in [-0.15, -0.1) is 10.2 Å². The van der Waals surface area contributed by atoms with Crippen LogP contribution in [0.15, 0.2) is 51.7 Å². The van der Waals surface area contributed by atoms with Crippen LogP contribution in [0.1, 0.15) is 12.5 Å². The summed E-state index contributed by atoms with van der Waals surface area (Å²) >= 11 is 36.0. The summed E-state index contributed by atoms with van der Waals surface area (Å²) in [5.41, 5.74) is 2.72. The molecule has 0 fully saturated rings. The third-order valence-electron chi connectivity index (χ3n) is 4.16. The number of azo groups is 1. The molecule has 0 aliphatic carbocycles. The van der Waals surface area contributed by atoms with Gasteiger partial charge in [0, 0.05) is 12.5 Å². The van der Waals surface area contributed by atoms with Gasteiger partial charge in [-0.3, -0.25) is 10.2 Å². The molecule has 0 bridgehead atoms. The largest absolute Gasteiger partial charge is 0.504 e. The number of carbonyl (C=O) groups excluding carboxylic acids is 1. The van der Waals surface area contributed by atoms with Crippen molar-refractivity contribution < 1.29 is 19.7 Å². The predicted octanol–water partition coefficient (Wildman–Crippen LogP) is 8.50. The van der Waals surface area contributed by atoms with E-state index in [1.165, 1.54) is 43.3 Å². The van der Waals surface area contributed by atoms with Crippen LogP contribution in [0.5, 0.6) is 17.2 Å². The maximum absolute atomic E-state index is 11.2. The normalized spacial score (nSPS) is 11.7. The average molecular weight is 597 g/mol. The van der Waals surface area contributed by atoms with Crippen LogP contribution in [0, 0.1) is 0 Å². The van der Waals surface area contributed by atoms with Crippen molar-refractivity contribution in [3.8, 4) is 17.2 Å². The van der Waals surface area contributed by atoms with E-state index >= 15 is 0 Å². The number of nitrogens with zero attached hydrogens (tertiary/aromatic N) is 3. The molecule has 182 valence electrons. The molecular formula is C21H12Cl6N4O4. The number of rotatable bonds is 5. The minimum absolute atomic E-state index is 0.0207. The fourth-order valence-electron chi connectivity index (χ4n) is 2.55. The lowest BCUT2D eigenvalue weighted by atomic mass is 10.2. The van der Waals surface area contributed by atoms with Gasteiger partial charge in [-0.25, -0.2) is 0 Å². The summed E-state index contributed by atoms with van der Waals surface area (Å²) in [5, 5.41) is 32.4. The molecule has 0 aliphatic rings. The maximum atomic E-state index is 11.2. The Bertz CT molecular complexity index is 1360. The lowest BCUT2D eigenvalue weighted by Gasteiger charge is -2.10. The highest BCUT2D eigenvalue weighted by atomic mass is 35.5. The lowest BCUT2D eigenvalue weighted by Crippen LogP contribution is -2.04. The van der Waals surface area contributed by atoms with E-state index in [0.717, 1.165) is 0 Å². The van der Waals surface area contributed by atoms with Gasteiger partial charge in [0.25, 0.3) is 0 Å². The van der Waals surface area contributed by atoms with Crippen LogP contribution in [0.4, 0.5) is 11.4 Å². The van der Waals surface area contributed by atoms with Crippen molar-refractivity contribution in [2.45, 2.75) is 6.92 Å². The quantitative estimate of drug-likeness (QED) is 0.0399. The number of hydrazone groups is 1. The fourth-order valence-corrected chi connectivity index (χ4v) is 3.83. The molecule has 3 rings (SSSR count). The Labute approximate surface area is 228 Å². The monoisotopic (exact) mass is 594 g/mol. The minimum atomic E-state index is -0.498. The minimum Gasteiger partial charge on any atom is -0.504 e. The van der Waals surface area contributed by atoms with E-state index in [1.54, 1.807) is 0 Å². The Balaban J connectivity index is 2.07. The second-order valence-corrected chi connectivity index (χ2v) is 8.98. The third kappa shape index (κ3) is 6.41. The van der Waals surface area contributed by atoms with Gasteiger partial charge in [-0.1, -0.05) is 69.6 Å². The summed E-state index contributed by atoms with van der Waals surface area (Å²) in [5.74, 6) is -1.22. The lowest BCUT2D eigenvalue weighted by molar-refractivity contribution is -0.131. The van der Waals surface area contributed by atoms with Crippen molar-refractivity contribution in [3.63, 3.8) is 0 Å². The number of phenolic OH excluding ortho intramolecular Hbond substituents is 2. The molecule has 14 heteroatoms. The third-order valence-corrected chi connectivity index (χ3v) is 6.30. The summed E-state index contributed by atoms with van der Waals surface area (Å²) in [4.78, 5) is 11.2. The molecule has 0 radical (unpaired) electrons. The van der Waals surface area contributed by atoms with Gasteiger partial charge in [-0.05, 0) is 36.4 Å². The molecular weight excluding hydrogens is 585 g/mol. The van der Waals surface area contributed by atoms with Gasteiger partial charge in [0.2, 0.25) is 5.84 Å². The summed E-state index contributed by atoms with van der Waals surface area (Å²) < 4.78 is 5.02. The Morgan fingerprint density at radius 3 is 2.03 bits per heavy atom. The number of benzene rings is 3. The average Bonchev–Trinajstić information content (AvgIpc) is 2.80. The molecule has 0 spiro atoms. The zero-order chi connectivity index (χ0) is 25.9. The smallest absolute Gasteiger partial charge is 0.308 e. The first kappa shape index (κ1) is 27.1. The highest BCUT2D eigenvalue weighted by molar-refractivity contribution is 6.46. The summed E-state index contributed by atoms with van der Waals surface area (Å²) in [6, 6.07) is 8.65. The van der Waals surface area contributed by atoms with Gasteiger partial charge in [0.05, 0.1) is 20.1 Å². The van der Waals surface area contributed by atoms with Crippen molar-refractivity contribution in [2.75, 3.05) is 5.43 Å². The summed E-state index contributed by atoms with van der Waals surface area (Å²) in [6.45, 7) is 1.26. The Hall–Kier alpha value is -2.46. The van der Waals surface area contributed by atoms with Crippen molar-refractivity contribution in [3.05, 3.63) is 72.1 Å². The van der Waals surface area contributed by atoms with Gasteiger partial charge >= 0.3 is 5.97 Å². The van der Waals surface area contributed by atoms with Crippen LogP contribution in [0.2, 0.25) is 30.1 Å². The predicted molar refractivity (Wildman–Crippen MR) is 139 cm³/mol. The summed E-state index contributed by atoms with van der Waals surface area (Å²) in [6.07, 6.45) is 0. The molecule has 3 aromatic carbocycles. The second-order valence-electron chi connectivity index (χ2n) is 6.59. The van der Waals surface area contributed by atoms with E-state index in [1.807, 2.05) is 0 Å². The first-order valence-corrected chi connectivity index (χ1v) is 11.5. The molecule has 0 saturated heterocycles. The molecule has 0 atom stereocenters. The zero-order valence-corrected chi connectivity index (χ0v) is 21.8. The molecule has 0 aliphatic heterocycles. The Morgan fingerprint density at radius 2 is 1.43 bits per heavy atom. The summed E-state index contributed by atoms with van der Waals surface area (Å²) in [7, 11) is 0. The number of esters is 1. The number of anilines is 1. The first-order valence-electron chi connectivity index (χ1n) is 9.26. The van der Waals surface area contributed by atoms with Gasteiger partial charge < -0.3 is 14.9 Å². The van der Waals surface area contributed by atoms with E-state index in [2.05, 4.69) is 20.8 Å². The number of phenols is 2. The molecule has 0 amide bonds. The molecule has 35 heavy (non-hydrogen) atoms. The topological polar surface area (TPSA) is 116 Å². The number of amidine groups is 1. The molecule has 0 unspecified atom stereocenters. The number of halogens is 6. The maximum Gasteiger partial charge on any atom is 0.308 e. The van der Waals surface area contributed by atoms with E-state index in [4.69, 9.17) is 74.3 Å². The second kappa shape index (κ2) is 11.5. The molecule has 8 nitrogen and oxygen atoms in total. The molecule has 0 heterocycles.